The molecular weight excluding hydrogens is 232 g/mol. The van der Waals surface area contributed by atoms with Crippen molar-refractivity contribution in [2.24, 2.45) is 0 Å². The van der Waals surface area contributed by atoms with Gasteiger partial charge in [0, 0.05) is 0 Å². The zero-order valence-corrected chi connectivity index (χ0v) is 12.4. The lowest BCUT2D eigenvalue weighted by Crippen LogP contribution is -2.16. The molecule has 0 atom stereocenters. The summed E-state index contributed by atoms with van der Waals surface area (Å²) in [4.78, 5) is 0. The van der Waals surface area contributed by atoms with Crippen LogP contribution < -0.4 is 0 Å². The van der Waals surface area contributed by atoms with Crippen LogP contribution in [0.3, 0.4) is 0 Å². The Balaban J connectivity index is 2.40. The van der Waals surface area contributed by atoms with Crippen molar-refractivity contribution in [2.75, 3.05) is 0 Å². The second-order valence-corrected chi connectivity index (χ2v) is 9.78. The molecule has 0 aliphatic heterocycles. The molecule has 0 nitrogen and oxygen atoms in total. The van der Waals surface area contributed by atoms with Gasteiger partial charge in [-0.25, -0.2) is 0 Å². The van der Waals surface area contributed by atoms with Crippen molar-refractivity contribution in [2.45, 2.75) is 19.6 Å². The third kappa shape index (κ3) is 7.48. The Hall–Kier alpha value is -1.78. The molecule has 0 radical (unpaired) electrons. The second kappa shape index (κ2) is 7.52. The lowest BCUT2D eigenvalue weighted by Gasteiger charge is -2.01. The fraction of sp³-hybridized carbons (Fsp3) is 0.176. The van der Waals surface area contributed by atoms with Crippen molar-refractivity contribution in [1.82, 2.24) is 0 Å². The molecule has 0 aromatic heterocycles. The predicted octanol–water partition coefficient (Wildman–Crippen LogP) is 4.69. The molecule has 0 fully saturated rings. The van der Waals surface area contributed by atoms with Crippen LogP contribution in [0.5, 0.6) is 0 Å². The summed E-state index contributed by atoms with van der Waals surface area (Å²) in [6.45, 7) is 6.73. The minimum absolute atomic E-state index is 1.21. The molecule has 0 bridgehead atoms. The van der Waals surface area contributed by atoms with Crippen molar-refractivity contribution in [3.8, 4) is 11.5 Å². The Morgan fingerprint density at radius 3 is 2.22 bits per heavy atom. The molecule has 18 heavy (non-hydrogen) atoms. The summed E-state index contributed by atoms with van der Waals surface area (Å²) < 4.78 is 0. The molecule has 1 aromatic carbocycles. The van der Waals surface area contributed by atoms with Crippen LogP contribution in [0.4, 0.5) is 0 Å². The summed E-state index contributed by atoms with van der Waals surface area (Å²) in [5, 5.41) is 0. The number of benzene rings is 1. The van der Waals surface area contributed by atoms with E-state index in [0.29, 0.717) is 0 Å². The molecule has 0 spiro atoms. The van der Waals surface area contributed by atoms with Gasteiger partial charge in [0.1, 0.15) is 8.07 Å². The normalized spacial score (nSPS) is 12.2. The van der Waals surface area contributed by atoms with Gasteiger partial charge < -0.3 is 0 Å². The monoisotopic (exact) mass is 252 g/mol. The molecule has 0 unspecified atom stereocenters. The zero-order chi connectivity index (χ0) is 13.3. The fourth-order valence-corrected chi connectivity index (χ4v) is 1.74. The Labute approximate surface area is 112 Å². The Bertz CT molecular complexity index is 488. The van der Waals surface area contributed by atoms with E-state index in [9.17, 15) is 0 Å². The first-order chi connectivity index (χ1) is 8.58. The smallest absolute Gasteiger partial charge is 0.127 e. The first-order valence-electron chi connectivity index (χ1n) is 6.15. The highest BCUT2D eigenvalue weighted by molar-refractivity contribution is 6.83. The highest BCUT2D eigenvalue weighted by Crippen LogP contribution is 2.00. The van der Waals surface area contributed by atoms with Crippen LogP contribution >= 0.6 is 0 Å². The molecule has 0 saturated heterocycles. The van der Waals surface area contributed by atoms with E-state index in [0.717, 1.165) is 0 Å². The molecule has 0 N–H and O–H groups in total. The third-order valence-corrected chi connectivity index (χ3v) is 2.94. The van der Waals surface area contributed by atoms with E-state index in [1.807, 2.05) is 48.6 Å². The molecule has 0 aliphatic carbocycles. The van der Waals surface area contributed by atoms with Gasteiger partial charge in [0.05, 0.1) is 0 Å². The van der Waals surface area contributed by atoms with Crippen LogP contribution in [-0.4, -0.2) is 8.07 Å². The molecule has 0 amide bonds. The maximum Gasteiger partial charge on any atom is 0.129 e. The topological polar surface area (TPSA) is 0 Å². The van der Waals surface area contributed by atoms with Gasteiger partial charge in [-0.2, -0.15) is 0 Å². The maximum atomic E-state index is 3.29. The van der Waals surface area contributed by atoms with Gasteiger partial charge in [0.15, 0.2) is 0 Å². The molecule has 1 heteroatoms. The molecular formula is C17H20Si. The van der Waals surface area contributed by atoms with Crippen LogP contribution in [-0.2, 0) is 0 Å². The highest BCUT2D eigenvalue weighted by atomic mass is 28.3. The van der Waals surface area contributed by atoms with Crippen LogP contribution in [0.25, 0.3) is 6.08 Å². The van der Waals surface area contributed by atoms with Crippen molar-refractivity contribution in [3.63, 3.8) is 0 Å². The van der Waals surface area contributed by atoms with Gasteiger partial charge in [-0.15, -0.1) is 5.54 Å². The van der Waals surface area contributed by atoms with Gasteiger partial charge in [0.2, 0.25) is 0 Å². The van der Waals surface area contributed by atoms with Crippen LogP contribution in [0.2, 0.25) is 19.6 Å². The molecule has 0 aliphatic rings. The van der Waals surface area contributed by atoms with Crippen molar-refractivity contribution >= 4 is 14.1 Å². The first-order valence-corrected chi connectivity index (χ1v) is 9.65. The zero-order valence-electron chi connectivity index (χ0n) is 11.4. The van der Waals surface area contributed by atoms with Gasteiger partial charge in [-0.1, -0.05) is 86.3 Å². The van der Waals surface area contributed by atoms with Gasteiger partial charge in [-0.05, 0) is 11.6 Å². The van der Waals surface area contributed by atoms with E-state index >= 15 is 0 Å². The number of hydrogen-bond donors (Lipinski definition) is 0. The van der Waals surface area contributed by atoms with Crippen molar-refractivity contribution in [1.29, 1.82) is 0 Å². The molecule has 0 saturated carbocycles. The average molecular weight is 252 g/mol. The van der Waals surface area contributed by atoms with Crippen molar-refractivity contribution < 1.29 is 0 Å². The third-order valence-electron chi connectivity index (χ3n) is 2.05. The summed E-state index contributed by atoms with van der Waals surface area (Å²) in [5.74, 6) is 3.09. The SMILES string of the molecule is C[Si](C)(C)C#CC=CC=CC=Cc1ccccc1. The van der Waals surface area contributed by atoms with Gasteiger partial charge in [0.25, 0.3) is 0 Å². The number of hydrogen-bond acceptors (Lipinski definition) is 0. The number of rotatable bonds is 3. The maximum absolute atomic E-state index is 3.29. The molecule has 1 aromatic rings. The minimum Gasteiger partial charge on any atom is -0.127 e. The summed E-state index contributed by atoms with van der Waals surface area (Å²) >= 11 is 0. The van der Waals surface area contributed by atoms with Crippen LogP contribution in [0.15, 0.2) is 60.7 Å². The summed E-state index contributed by atoms with van der Waals surface area (Å²) in [5.41, 5.74) is 4.50. The van der Waals surface area contributed by atoms with E-state index in [2.05, 4.69) is 49.3 Å². The molecule has 92 valence electrons. The van der Waals surface area contributed by atoms with Gasteiger partial charge in [-0.3, -0.25) is 0 Å². The van der Waals surface area contributed by atoms with E-state index in [1.54, 1.807) is 0 Å². The van der Waals surface area contributed by atoms with E-state index in [1.165, 1.54) is 5.56 Å². The minimum atomic E-state index is -1.23. The standard InChI is InChI=1S/C17H20Si/c1-18(2,3)16-12-7-5-4-6-9-13-17-14-10-8-11-15-17/h4-11,13-15H,1-3H3. The summed E-state index contributed by atoms with van der Waals surface area (Å²) in [7, 11) is -1.23. The van der Waals surface area contributed by atoms with Crippen LogP contribution in [0.1, 0.15) is 5.56 Å². The van der Waals surface area contributed by atoms with E-state index < -0.39 is 8.07 Å². The summed E-state index contributed by atoms with van der Waals surface area (Å²) in [6.07, 6.45) is 12.0. The second-order valence-electron chi connectivity index (χ2n) is 5.03. The number of allylic oxidation sites excluding steroid dienone is 5. The van der Waals surface area contributed by atoms with Crippen LogP contribution in [0, 0.1) is 11.5 Å². The predicted molar refractivity (Wildman–Crippen MR) is 84.9 cm³/mol. The van der Waals surface area contributed by atoms with Gasteiger partial charge >= 0.3 is 0 Å². The Morgan fingerprint density at radius 1 is 0.889 bits per heavy atom. The largest absolute Gasteiger partial charge is 0.129 e. The Kier molecular flexibility index (Phi) is 5.97. The quantitative estimate of drug-likeness (QED) is 0.416. The van der Waals surface area contributed by atoms with E-state index in [4.69, 9.17) is 0 Å². The first kappa shape index (κ1) is 14.3. The van der Waals surface area contributed by atoms with E-state index in [-0.39, 0.29) is 0 Å². The summed E-state index contributed by atoms with van der Waals surface area (Å²) in [6, 6.07) is 10.3. The highest BCUT2D eigenvalue weighted by Gasteiger charge is 2.06. The van der Waals surface area contributed by atoms with Crippen molar-refractivity contribution in [3.05, 3.63) is 66.3 Å². The average Bonchev–Trinajstić information content (AvgIpc) is 2.32. The fourth-order valence-electron chi connectivity index (χ4n) is 1.22. The molecule has 1 rings (SSSR count). The lowest BCUT2D eigenvalue weighted by atomic mass is 10.2. The Morgan fingerprint density at radius 2 is 1.56 bits per heavy atom. The lowest BCUT2D eigenvalue weighted by molar-refractivity contribution is 1.66. The molecule has 0 heterocycles.